The van der Waals surface area contributed by atoms with Crippen LogP contribution in [0.25, 0.3) is 0 Å². The zero-order valence-electron chi connectivity index (χ0n) is 14.4. The van der Waals surface area contributed by atoms with E-state index in [9.17, 15) is 9.59 Å². The van der Waals surface area contributed by atoms with E-state index in [1.54, 1.807) is 0 Å². The Balaban J connectivity index is 1.35. The van der Waals surface area contributed by atoms with Crippen molar-refractivity contribution in [1.29, 1.82) is 0 Å². The zero-order chi connectivity index (χ0) is 18.4. The molecule has 26 heavy (non-hydrogen) atoms. The van der Waals surface area contributed by atoms with E-state index < -0.39 is 0 Å². The number of carbonyl (C=O) groups is 2. The molecule has 0 bridgehead atoms. The number of aryl methyl sites for hydroxylation is 2. The first kappa shape index (κ1) is 18.1. The van der Waals surface area contributed by atoms with Crippen LogP contribution in [-0.4, -0.2) is 24.4 Å². The van der Waals surface area contributed by atoms with E-state index in [0.717, 1.165) is 16.2 Å². The van der Waals surface area contributed by atoms with Gasteiger partial charge in [-0.1, -0.05) is 23.8 Å². The molecule has 0 saturated carbocycles. The van der Waals surface area contributed by atoms with Crippen molar-refractivity contribution >= 4 is 23.6 Å². The van der Waals surface area contributed by atoms with Crippen LogP contribution in [0.15, 0.2) is 47.4 Å². The van der Waals surface area contributed by atoms with Crippen LogP contribution >= 0.6 is 11.8 Å². The molecule has 136 valence electrons. The predicted molar refractivity (Wildman–Crippen MR) is 99.1 cm³/mol. The van der Waals surface area contributed by atoms with Crippen molar-refractivity contribution in [2.75, 3.05) is 12.5 Å². The Kier molecular flexibility index (Phi) is 6.01. The van der Waals surface area contributed by atoms with Gasteiger partial charge in [0.15, 0.2) is 11.5 Å². The minimum atomic E-state index is -0.244. The molecule has 2 aromatic rings. The number of hydrogen-bond donors (Lipinski definition) is 2. The number of hydrazine groups is 1. The monoisotopic (exact) mass is 372 g/mol. The van der Waals surface area contributed by atoms with Crippen LogP contribution in [0.3, 0.4) is 0 Å². The standard InChI is InChI=1S/C19H20N2O4S/c1-13-2-6-15(7-3-13)26-11-19(23)21-20-18(22)9-5-14-4-8-16-17(10-14)25-12-24-16/h2-4,6-8,10H,5,9,11-12H2,1H3,(H,20,22)(H,21,23). The molecule has 1 heterocycles. The topological polar surface area (TPSA) is 76.7 Å². The molecule has 7 heteroatoms. The number of benzene rings is 2. The van der Waals surface area contributed by atoms with Crippen molar-refractivity contribution in [3.63, 3.8) is 0 Å². The fourth-order valence-electron chi connectivity index (χ4n) is 2.38. The summed E-state index contributed by atoms with van der Waals surface area (Å²) in [5.41, 5.74) is 7.03. The average molecular weight is 372 g/mol. The van der Waals surface area contributed by atoms with Gasteiger partial charge in [0.25, 0.3) is 0 Å². The maximum absolute atomic E-state index is 11.9. The molecule has 6 nitrogen and oxygen atoms in total. The highest BCUT2D eigenvalue weighted by atomic mass is 32.2. The number of ether oxygens (including phenoxy) is 2. The average Bonchev–Trinajstić information content (AvgIpc) is 3.12. The van der Waals surface area contributed by atoms with Gasteiger partial charge in [0, 0.05) is 11.3 Å². The molecule has 0 atom stereocenters. The molecular formula is C19H20N2O4S. The number of hydrogen-bond acceptors (Lipinski definition) is 5. The summed E-state index contributed by atoms with van der Waals surface area (Å²) < 4.78 is 10.6. The molecule has 1 aliphatic heterocycles. The van der Waals surface area contributed by atoms with Crippen LogP contribution < -0.4 is 20.3 Å². The van der Waals surface area contributed by atoms with Crippen molar-refractivity contribution in [2.45, 2.75) is 24.7 Å². The van der Waals surface area contributed by atoms with Gasteiger partial charge >= 0.3 is 0 Å². The normalized spacial score (nSPS) is 11.9. The summed E-state index contributed by atoms with van der Waals surface area (Å²) in [6.45, 7) is 2.24. The summed E-state index contributed by atoms with van der Waals surface area (Å²) in [6.07, 6.45) is 0.821. The largest absolute Gasteiger partial charge is 0.454 e. The van der Waals surface area contributed by atoms with Crippen LogP contribution in [0.5, 0.6) is 11.5 Å². The number of rotatable bonds is 6. The van der Waals surface area contributed by atoms with E-state index in [0.29, 0.717) is 12.2 Å². The lowest BCUT2D eigenvalue weighted by Crippen LogP contribution is -2.42. The van der Waals surface area contributed by atoms with Gasteiger partial charge in [0.2, 0.25) is 18.6 Å². The van der Waals surface area contributed by atoms with E-state index in [1.807, 2.05) is 49.4 Å². The van der Waals surface area contributed by atoms with E-state index in [1.165, 1.54) is 17.3 Å². The van der Waals surface area contributed by atoms with Crippen LogP contribution in [0.1, 0.15) is 17.5 Å². The molecule has 0 fully saturated rings. The third-order valence-corrected chi connectivity index (χ3v) is 4.82. The minimum absolute atomic E-state index is 0.228. The van der Waals surface area contributed by atoms with E-state index >= 15 is 0 Å². The molecule has 0 spiro atoms. The quantitative estimate of drug-likeness (QED) is 0.602. The van der Waals surface area contributed by atoms with Crippen molar-refractivity contribution < 1.29 is 19.1 Å². The van der Waals surface area contributed by atoms with Gasteiger partial charge in [-0.05, 0) is 43.2 Å². The van der Waals surface area contributed by atoms with Gasteiger partial charge < -0.3 is 9.47 Å². The minimum Gasteiger partial charge on any atom is -0.454 e. The second kappa shape index (κ2) is 8.62. The van der Waals surface area contributed by atoms with E-state index in [2.05, 4.69) is 10.9 Å². The number of carbonyl (C=O) groups excluding carboxylic acids is 2. The molecule has 2 N–H and O–H groups in total. The first-order chi connectivity index (χ1) is 12.6. The summed E-state index contributed by atoms with van der Waals surface area (Å²) in [7, 11) is 0. The Bertz CT molecular complexity index is 793. The van der Waals surface area contributed by atoms with Crippen molar-refractivity contribution in [3.8, 4) is 11.5 Å². The number of thioether (sulfide) groups is 1. The molecule has 2 amide bonds. The Labute approximate surface area is 156 Å². The third-order valence-electron chi connectivity index (χ3n) is 3.81. The molecular weight excluding hydrogens is 352 g/mol. The maximum Gasteiger partial charge on any atom is 0.248 e. The van der Waals surface area contributed by atoms with Crippen LogP contribution in [-0.2, 0) is 16.0 Å². The Hall–Kier alpha value is -2.67. The Morgan fingerprint density at radius 3 is 2.54 bits per heavy atom. The summed E-state index contributed by atoms with van der Waals surface area (Å²) in [4.78, 5) is 24.7. The highest BCUT2D eigenvalue weighted by molar-refractivity contribution is 8.00. The smallest absolute Gasteiger partial charge is 0.248 e. The first-order valence-corrected chi connectivity index (χ1v) is 9.24. The predicted octanol–water partition coefficient (Wildman–Crippen LogP) is 2.60. The number of amides is 2. The lowest BCUT2D eigenvalue weighted by molar-refractivity contribution is -0.127. The highest BCUT2D eigenvalue weighted by Crippen LogP contribution is 2.32. The fourth-order valence-corrected chi connectivity index (χ4v) is 3.07. The summed E-state index contributed by atoms with van der Waals surface area (Å²) >= 11 is 1.42. The lowest BCUT2D eigenvalue weighted by atomic mass is 10.1. The summed E-state index contributed by atoms with van der Waals surface area (Å²) in [5.74, 6) is 1.18. The Morgan fingerprint density at radius 2 is 1.73 bits per heavy atom. The van der Waals surface area contributed by atoms with E-state index in [4.69, 9.17) is 9.47 Å². The summed E-state index contributed by atoms with van der Waals surface area (Å²) in [6, 6.07) is 13.5. The maximum atomic E-state index is 11.9. The molecule has 0 radical (unpaired) electrons. The number of nitrogens with one attached hydrogen (secondary N) is 2. The molecule has 3 rings (SSSR count). The van der Waals surface area contributed by atoms with E-state index in [-0.39, 0.29) is 30.8 Å². The van der Waals surface area contributed by atoms with Crippen LogP contribution in [0.2, 0.25) is 0 Å². The first-order valence-electron chi connectivity index (χ1n) is 8.26. The van der Waals surface area contributed by atoms with Gasteiger partial charge in [-0.3, -0.25) is 20.4 Å². The molecule has 0 saturated heterocycles. The molecule has 1 aliphatic rings. The molecule has 0 unspecified atom stereocenters. The van der Waals surface area contributed by atoms with Gasteiger partial charge in [-0.2, -0.15) is 0 Å². The van der Waals surface area contributed by atoms with Gasteiger partial charge in [-0.25, -0.2) is 0 Å². The molecule has 0 aromatic heterocycles. The number of fused-ring (bicyclic) bond motifs is 1. The lowest BCUT2D eigenvalue weighted by Gasteiger charge is -2.08. The fraction of sp³-hybridized carbons (Fsp3) is 0.263. The van der Waals surface area contributed by atoms with Gasteiger partial charge in [0.05, 0.1) is 5.75 Å². The second-order valence-corrected chi connectivity index (χ2v) is 6.93. The highest BCUT2D eigenvalue weighted by Gasteiger charge is 2.13. The van der Waals surface area contributed by atoms with Crippen molar-refractivity contribution in [2.24, 2.45) is 0 Å². The zero-order valence-corrected chi connectivity index (χ0v) is 15.2. The van der Waals surface area contributed by atoms with Crippen LogP contribution in [0, 0.1) is 6.92 Å². The van der Waals surface area contributed by atoms with Crippen molar-refractivity contribution in [3.05, 3.63) is 53.6 Å². The summed E-state index contributed by atoms with van der Waals surface area (Å²) in [5, 5.41) is 0. The third kappa shape index (κ3) is 5.16. The second-order valence-electron chi connectivity index (χ2n) is 5.89. The molecule has 0 aliphatic carbocycles. The Morgan fingerprint density at radius 1 is 1.00 bits per heavy atom. The van der Waals surface area contributed by atoms with Crippen LogP contribution in [0.4, 0.5) is 0 Å². The van der Waals surface area contributed by atoms with Crippen molar-refractivity contribution in [1.82, 2.24) is 10.9 Å². The van der Waals surface area contributed by atoms with Gasteiger partial charge in [-0.15, -0.1) is 11.8 Å². The molecule has 2 aromatic carbocycles. The SMILES string of the molecule is Cc1ccc(SCC(=O)NNC(=O)CCc2ccc3c(c2)OCO3)cc1. The van der Waals surface area contributed by atoms with Gasteiger partial charge in [0.1, 0.15) is 0 Å².